The molecule has 0 spiro atoms. The maximum absolute atomic E-state index is 5.17. The second-order valence-corrected chi connectivity index (χ2v) is 14.7. The van der Waals surface area contributed by atoms with Gasteiger partial charge in [0, 0.05) is 27.5 Å². The number of allylic oxidation sites excluding steroid dienone is 3. The summed E-state index contributed by atoms with van der Waals surface area (Å²) in [5, 5.41) is 2.54. The van der Waals surface area contributed by atoms with Crippen LogP contribution in [-0.2, 0) is 16.2 Å². The minimum absolute atomic E-state index is 0.0172. The van der Waals surface area contributed by atoms with E-state index < -0.39 is 0 Å². The van der Waals surface area contributed by atoms with Crippen LogP contribution in [0.25, 0.3) is 33.0 Å². The van der Waals surface area contributed by atoms with Crippen LogP contribution in [0.3, 0.4) is 0 Å². The Balaban J connectivity index is 1.22. The van der Waals surface area contributed by atoms with Gasteiger partial charge in [-0.3, -0.25) is 4.99 Å². The fourth-order valence-electron chi connectivity index (χ4n) is 8.63. The van der Waals surface area contributed by atoms with Crippen molar-refractivity contribution in [2.24, 2.45) is 4.99 Å². The van der Waals surface area contributed by atoms with Gasteiger partial charge in [-0.05, 0) is 85.8 Å². The summed E-state index contributed by atoms with van der Waals surface area (Å²) in [5.41, 5.74) is 16.4. The van der Waals surface area contributed by atoms with Gasteiger partial charge in [0.15, 0.2) is 0 Å². The van der Waals surface area contributed by atoms with Gasteiger partial charge in [0.1, 0.15) is 0 Å². The van der Waals surface area contributed by atoms with Crippen molar-refractivity contribution >= 4 is 16.5 Å². The average molecular weight is 596 g/mol. The first kappa shape index (κ1) is 28.7. The summed E-state index contributed by atoms with van der Waals surface area (Å²) in [6.45, 7) is 18.5. The standard InChI is InChI=1S/C45H41N/c1-28(30-23-25-45(7,26-24-30)31-15-9-8-10-16-31)46-29(2)37-27-39-40(34-19-12-11-17-32(34)37)36-22-21-35-33-18-13-14-20-38(33)43(3,4)41(35)42(36)44(39,5)6/h8-25,27H,1,26H2,2-7H3. The van der Waals surface area contributed by atoms with Crippen LogP contribution in [0.1, 0.15) is 81.3 Å². The van der Waals surface area contributed by atoms with E-state index in [4.69, 9.17) is 4.99 Å². The molecule has 1 atom stereocenters. The van der Waals surface area contributed by atoms with Gasteiger partial charge in [-0.15, -0.1) is 0 Å². The highest BCUT2D eigenvalue weighted by atomic mass is 14.8. The molecule has 1 nitrogen and oxygen atoms in total. The first-order valence-corrected chi connectivity index (χ1v) is 16.6. The van der Waals surface area contributed by atoms with Crippen molar-refractivity contribution < 1.29 is 0 Å². The van der Waals surface area contributed by atoms with E-state index in [0.717, 1.165) is 23.4 Å². The zero-order valence-corrected chi connectivity index (χ0v) is 27.8. The third-order valence-electron chi connectivity index (χ3n) is 11.2. The van der Waals surface area contributed by atoms with Crippen molar-refractivity contribution in [2.75, 3.05) is 0 Å². The molecule has 0 radical (unpaired) electrons. The Kier molecular flexibility index (Phi) is 6.16. The molecule has 5 aromatic rings. The lowest BCUT2D eigenvalue weighted by atomic mass is 9.72. The van der Waals surface area contributed by atoms with E-state index in [1.54, 1.807) is 0 Å². The molecule has 0 fully saturated rings. The molecule has 0 amide bonds. The van der Waals surface area contributed by atoms with E-state index in [9.17, 15) is 0 Å². The molecule has 3 aliphatic carbocycles. The third-order valence-corrected chi connectivity index (χ3v) is 11.2. The molecule has 1 unspecified atom stereocenters. The van der Waals surface area contributed by atoms with Crippen LogP contribution in [0.15, 0.2) is 138 Å². The summed E-state index contributed by atoms with van der Waals surface area (Å²) >= 11 is 0. The number of rotatable bonds is 4. The van der Waals surface area contributed by atoms with Crippen LogP contribution in [-0.4, -0.2) is 5.71 Å². The Morgan fingerprint density at radius 2 is 1.30 bits per heavy atom. The highest BCUT2D eigenvalue weighted by Crippen LogP contribution is 2.60. The van der Waals surface area contributed by atoms with Crippen LogP contribution in [0.2, 0.25) is 0 Å². The molecular weight excluding hydrogens is 555 g/mol. The molecule has 0 N–H and O–H groups in total. The molecule has 1 heteroatoms. The Hall–Kier alpha value is -4.75. The Labute approximate surface area is 273 Å². The lowest BCUT2D eigenvalue weighted by molar-refractivity contribution is 0.597. The largest absolute Gasteiger partial charge is 0.253 e. The van der Waals surface area contributed by atoms with E-state index in [1.165, 1.54) is 66.4 Å². The predicted molar refractivity (Wildman–Crippen MR) is 196 cm³/mol. The first-order chi connectivity index (χ1) is 22.0. The molecular formula is C45H41N. The molecule has 0 aromatic heterocycles. The van der Waals surface area contributed by atoms with Gasteiger partial charge in [-0.25, -0.2) is 0 Å². The minimum atomic E-state index is -0.165. The first-order valence-electron chi connectivity index (χ1n) is 16.6. The summed E-state index contributed by atoms with van der Waals surface area (Å²) in [6, 6.07) is 35.8. The normalized spacial score (nSPS) is 20.1. The van der Waals surface area contributed by atoms with E-state index in [0.29, 0.717) is 0 Å². The zero-order valence-electron chi connectivity index (χ0n) is 27.8. The molecule has 46 heavy (non-hydrogen) atoms. The molecule has 0 saturated heterocycles. The van der Waals surface area contributed by atoms with Crippen LogP contribution >= 0.6 is 0 Å². The summed E-state index contributed by atoms with van der Waals surface area (Å²) in [5.74, 6) is 0. The number of hydrogen-bond donors (Lipinski definition) is 0. The van der Waals surface area contributed by atoms with Crippen molar-refractivity contribution in [3.63, 3.8) is 0 Å². The van der Waals surface area contributed by atoms with Crippen molar-refractivity contribution in [3.05, 3.63) is 167 Å². The maximum atomic E-state index is 5.17. The van der Waals surface area contributed by atoms with Crippen molar-refractivity contribution in [2.45, 2.75) is 64.2 Å². The highest BCUT2D eigenvalue weighted by molar-refractivity contribution is 6.15. The van der Waals surface area contributed by atoms with E-state index >= 15 is 0 Å². The van der Waals surface area contributed by atoms with Gasteiger partial charge in [-0.1, -0.05) is 150 Å². The number of benzene rings is 5. The Morgan fingerprint density at radius 3 is 2.04 bits per heavy atom. The third kappa shape index (κ3) is 3.97. The molecule has 8 rings (SSSR count). The zero-order chi connectivity index (χ0) is 32.0. The molecule has 5 aromatic carbocycles. The lowest BCUT2D eigenvalue weighted by Crippen LogP contribution is -2.24. The topological polar surface area (TPSA) is 12.4 Å². The SMILES string of the molecule is C=C(N=C(C)c1cc2c(c3ccccc13)-c1ccc3c(c1C2(C)C)C(C)(C)c1ccccc1-3)C1=CCC(C)(c2ccccc2)C=C1. The number of hydrogen-bond acceptors (Lipinski definition) is 1. The van der Waals surface area contributed by atoms with Crippen LogP contribution in [0.4, 0.5) is 0 Å². The van der Waals surface area contributed by atoms with Gasteiger partial charge in [0.2, 0.25) is 0 Å². The number of aliphatic imine (C=N–C) groups is 1. The van der Waals surface area contributed by atoms with E-state index in [2.05, 4.69) is 163 Å². The van der Waals surface area contributed by atoms with Gasteiger partial charge in [-0.2, -0.15) is 0 Å². The number of fused-ring (bicyclic) bond motifs is 9. The second-order valence-electron chi connectivity index (χ2n) is 14.7. The minimum Gasteiger partial charge on any atom is -0.253 e. The van der Waals surface area contributed by atoms with Gasteiger partial charge < -0.3 is 0 Å². The Morgan fingerprint density at radius 1 is 0.674 bits per heavy atom. The molecule has 0 heterocycles. The smallest absolute Gasteiger partial charge is 0.0630 e. The monoisotopic (exact) mass is 595 g/mol. The fraction of sp³-hybridized carbons (Fsp3) is 0.222. The van der Waals surface area contributed by atoms with E-state index in [1.807, 2.05) is 0 Å². The predicted octanol–water partition coefficient (Wildman–Crippen LogP) is 11.6. The van der Waals surface area contributed by atoms with Crippen LogP contribution in [0, 0.1) is 0 Å². The number of nitrogens with zero attached hydrogens (tertiary/aromatic N) is 1. The quantitative estimate of drug-likeness (QED) is 0.183. The van der Waals surface area contributed by atoms with Crippen molar-refractivity contribution in [1.82, 2.24) is 0 Å². The molecule has 0 saturated carbocycles. The summed E-state index contributed by atoms with van der Waals surface area (Å²) in [4.78, 5) is 5.17. The summed E-state index contributed by atoms with van der Waals surface area (Å²) in [7, 11) is 0. The molecule has 3 aliphatic rings. The van der Waals surface area contributed by atoms with Crippen molar-refractivity contribution in [1.29, 1.82) is 0 Å². The highest BCUT2D eigenvalue weighted by Gasteiger charge is 2.46. The van der Waals surface area contributed by atoms with Crippen molar-refractivity contribution in [3.8, 4) is 22.3 Å². The molecule has 0 bridgehead atoms. The second kappa shape index (κ2) is 9.87. The van der Waals surface area contributed by atoms with Crippen LogP contribution < -0.4 is 0 Å². The van der Waals surface area contributed by atoms with Gasteiger partial charge in [0.05, 0.1) is 5.70 Å². The van der Waals surface area contributed by atoms with Gasteiger partial charge >= 0.3 is 0 Å². The summed E-state index contributed by atoms with van der Waals surface area (Å²) < 4.78 is 0. The Bertz CT molecular complexity index is 2200. The van der Waals surface area contributed by atoms with E-state index in [-0.39, 0.29) is 16.2 Å². The molecule has 0 aliphatic heterocycles. The summed E-state index contributed by atoms with van der Waals surface area (Å²) in [6.07, 6.45) is 7.75. The lowest BCUT2D eigenvalue weighted by Gasteiger charge is -2.31. The fourth-order valence-corrected chi connectivity index (χ4v) is 8.63. The van der Waals surface area contributed by atoms with Crippen LogP contribution in [0.5, 0.6) is 0 Å². The van der Waals surface area contributed by atoms with Gasteiger partial charge in [0.25, 0.3) is 0 Å². The average Bonchev–Trinajstić information content (AvgIpc) is 3.44. The molecule has 226 valence electrons. The maximum Gasteiger partial charge on any atom is 0.0630 e.